The highest BCUT2D eigenvalue weighted by Crippen LogP contribution is 2.34. The molecule has 4 rings (SSSR count). The maximum atomic E-state index is 12.1. The zero-order valence-corrected chi connectivity index (χ0v) is 11.7. The minimum absolute atomic E-state index is 0.156. The van der Waals surface area contributed by atoms with Crippen molar-refractivity contribution in [2.24, 2.45) is 0 Å². The fraction of sp³-hybridized carbons (Fsp3) is 0. The van der Waals surface area contributed by atoms with Gasteiger partial charge in [0, 0.05) is 17.3 Å². The number of amides is 1. The summed E-state index contributed by atoms with van der Waals surface area (Å²) in [7, 11) is 0. The number of hydrogen-bond donors (Lipinski definition) is 1. The standard InChI is InChI=1S/C16H10N2O2S/c19-16-14(7-12-2-1-4-20-12)13-6-11(8-17-15(13)18-16)10-3-5-21-9-10/h1-9H,(H,17,18,19)/b14-7+. The smallest absolute Gasteiger partial charge is 0.257 e. The van der Waals surface area contributed by atoms with Crippen LogP contribution < -0.4 is 5.32 Å². The van der Waals surface area contributed by atoms with E-state index in [2.05, 4.69) is 15.7 Å². The topological polar surface area (TPSA) is 55.1 Å². The second-order valence-corrected chi connectivity index (χ2v) is 5.44. The van der Waals surface area contributed by atoms with Gasteiger partial charge in [0.1, 0.15) is 11.6 Å². The molecule has 5 heteroatoms. The van der Waals surface area contributed by atoms with E-state index in [1.165, 1.54) is 0 Å². The van der Waals surface area contributed by atoms with Crippen molar-refractivity contribution >= 4 is 34.7 Å². The van der Waals surface area contributed by atoms with Crippen LogP contribution in [0.2, 0.25) is 0 Å². The van der Waals surface area contributed by atoms with E-state index in [4.69, 9.17) is 4.42 Å². The first-order chi connectivity index (χ1) is 10.3. The fourth-order valence-corrected chi connectivity index (χ4v) is 2.98. The summed E-state index contributed by atoms with van der Waals surface area (Å²) in [5, 5.41) is 6.85. The van der Waals surface area contributed by atoms with Crippen LogP contribution in [0, 0.1) is 0 Å². The predicted molar refractivity (Wildman–Crippen MR) is 82.8 cm³/mol. The van der Waals surface area contributed by atoms with E-state index >= 15 is 0 Å². The van der Waals surface area contributed by atoms with Gasteiger partial charge in [-0.2, -0.15) is 11.3 Å². The number of carbonyl (C=O) groups is 1. The Kier molecular flexibility index (Phi) is 2.72. The third-order valence-corrected chi connectivity index (χ3v) is 4.02. The summed E-state index contributed by atoms with van der Waals surface area (Å²) >= 11 is 1.63. The molecule has 0 spiro atoms. The number of hydrogen-bond acceptors (Lipinski definition) is 4. The molecule has 0 radical (unpaired) electrons. The Morgan fingerprint density at radius 2 is 2.24 bits per heavy atom. The molecular weight excluding hydrogens is 284 g/mol. The third kappa shape index (κ3) is 2.08. The molecule has 3 aromatic heterocycles. The van der Waals surface area contributed by atoms with Crippen molar-refractivity contribution in [2.45, 2.75) is 0 Å². The van der Waals surface area contributed by atoms with Crippen molar-refractivity contribution in [3.63, 3.8) is 0 Å². The molecule has 0 aromatic carbocycles. The zero-order valence-electron chi connectivity index (χ0n) is 10.9. The quantitative estimate of drug-likeness (QED) is 0.729. The predicted octanol–water partition coefficient (Wildman–Crippen LogP) is 3.90. The molecule has 0 saturated heterocycles. The van der Waals surface area contributed by atoms with Crippen LogP contribution in [0.5, 0.6) is 0 Å². The first kappa shape index (κ1) is 12.1. The Morgan fingerprint density at radius 3 is 3.00 bits per heavy atom. The molecule has 0 aliphatic carbocycles. The molecule has 0 unspecified atom stereocenters. The molecule has 102 valence electrons. The highest BCUT2D eigenvalue weighted by atomic mass is 32.1. The molecule has 4 heterocycles. The van der Waals surface area contributed by atoms with Gasteiger partial charge in [-0.05, 0) is 46.7 Å². The molecule has 1 N–H and O–H groups in total. The summed E-state index contributed by atoms with van der Waals surface area (Å²) in [4.78, 5) is 16.4. The van der Waals surface area contributed by atoms with Gasteiger partial charge in [-0.25, -0.2) is 4.98 Å². The number of nitrogens with zero attached hydrogens (tertiary/aromatic N) is 1. The highest BCUT2D eigenvalue weighted by molar-refractivity contribution is 7.08. The van der Waals surface area contributed by atoms with E-state index in [-0.39, 0.29) is 5.91 Å². The molecule has 0 bridgehead atoms. The van der Waals surface area contributed by atoms with Gasteiger partial charge in [0.2, 0.25) is 0 Å². The Hall–Kier alpha value is -2.66. The van der Waals surface area contributed by atoms with Gasteiger partial charge in [-0.1, -0.05) is 0 Å². The Balaban J connectivity index is 1.84. The third-order valence-electron chi connectivity index (χ3n) is 3.34. The van der Waals surface area contributed by atoms with Crippen molar-refractivity contribution < 1.29 is 9.21 Å². The van der Waals surface area contributed by atoms with Crippen LogP contribution in [-0.4, -0.2) is 10.9 Å². The molecule has 21 heavy (non-hydrogen) atoms. The van der Waals surface area contributed by atoms with Gasteiger partial charge in [0.05, 0.1) is 11.8 Å². The lowest BCUT2D eigenvalue weighted by molar-refractivity contribution is -0.110. The number of pyridine rings is 1. The summed E-state index contributed by atoms with van der Waals surface area (Å²) in [6.45, 7) is 0. The number of thiophene rings is 1. The lowest BCUT2D eigenvalue weighted by Gasteiger charge is -2.01. The number of nitrogens with one attached hydrogen (secondary N) is 1. The zero-order chi connectivity index (χ0) is 14.2. The van der Waals surface area contributed by atoms with Crippen LogP contribution in [0.4, 0.5) is 5.82 Å². The maximum Gasteiger partial charge on any atom is 0.257 e. The molecule has 0 fully saturated rings. The van der Waals surface area contributed by atoms with Crippen molar-refractivity contribution in [2.75, 3.05) is 5.32 Å². The van der Waals surface area contributed by atoms with Crippen LogP contribution in [-0.2, 0) is 4.79 Å². The second kappa shape index (κ2) is 4.71. The van der Waals surface area contributed by atoms with Crippen molar-refractivity contribution in [1.82, 2.24) is 4.98 Å². The lowest BCUT2D eigenvalue weighted by atomic mass is 10.0. The van der Waals surface area contributed by atoms with Crippen LogP contribution >= 0.6 is 11.3 Å². The Labute approximate surface area is 124 Å². The first-order valence-electron chi connectivity index (χ1n) is 6.41. The summed E-state index contributed by atoms with van der Waals surface area (Å²) < 4.78 is 5.29. The summed E-state index contributed by atoms with van der Waals surface area (Å²) in [5.41, 5.74) is 3.48. The van der Waals surface area contributed by atoms with E-state index in [1.807, 2.05) is 23.6 Å². The Morgan fingerprint density at radius 1 is 1.29 bits per heavy atom. The average Bonchev–Trinajstić information content (AvgIpc) is 3.22. The Bertz CT molecular complexity index is 833. The first-order valence-corrected chi connectivity index (χ1v) is 7.35. The lowest BCUT2D eigenvalue weighted by Crippen LogP contribution is -2.04. The van der Waals surface area contributed by atoms with E-state index in [9.17, 15) is 4.79 Å². The molecule has 0 saturated carbocycles. The van der Waals surface area contributed by atoms with E-state index in [1.54, 1.807) is 35.9 Å². The molecule has 4 nitrogen and oxygen atoms in total. The van der Waals surface area contributed by atoms with Crippen LogP contribution in [0.3, 0.4) is 0 Å². The van der Waals surface area contributed by atoms with Gasteiger partial charge in [0.25, 0.3) is 5.91 Å². The average molecular weight is 294 g/mol. The van der Waals surface area contributed by atoms with E-state index in [0.29, 0.717) is 17.2 Å². The summed E-state index contributed by atoms with van der Waals surface area (Å²) in [6.07, 6.45) is 5.09. The molecule has 0 atom stereocenters. The number of aromatic nitrogens is 1. The number of furan rings is 1. The minimum Gasteiger partial charge on any atom is -0.465 e. The summed E-state index contributed by atoms with van der Waals surface area (Å²) in [5.74, 6) is 1.09. The van der Waals surface area contributed by atoms with Gasteiger partial charge < -0.3 is 9.73 Å². The number of rotatable bonds is 2. The van der Waals surface area contributed by atoms with Crippen molar-refractivity contribution in [1.29, 1.82) is 0 Å². The largest absolute Gasteiger partial charge is 0.465 e. The maximum absolute atomic E-state index is 12.1. The van der Waals surface area contributed by atoms with E-state index < -0.39 is 0 Å². The number of fused-ring (bicyclic) bond motifs is 1. The van der Waals surface area contributed by atoms with Crippen molar-refractivity contribution in [3.05, 3.63) is 58.8 Å². The van der Waals surface area contributed by atoms with Crippen molar-refractivity contribution in [3.8, 4) is 11.1 Å². The van der Waals surface area contributed by atoms with Crippen LogP contribution in [0.15, 0.2) is 51.9 Å². The minimum atomic E-state index is -0.156. The number of anilines is 1. The fourth-order valence-electron chi connectivity index (χ4n) is 2.31. The molecule has 1 aliphatic heterocycles. The highest BCUT2D eigenvalue weighted by Gasteiger charge is 2.26. The molecule has 3 aromatic rings. The van der Waals surface area contributed by atoms with Crippen LogP contribution in [0.25, 0.3) is 22.8 Å². The molecule has 1 amide bonds. The van der Waals surface area contributed by atoms with Gasteiger partial charge in [-0.15, -0.1) is 0 Å². The monoisotopic (exact) mass is 294 g/mol. The van der Waals surface area contributed by atoms with Crippen LogP contribution in [0.1, 0.15) is 11.3 Å². The van der Waals surface area contributed by atoms with Gasteiger partial charge >= 0.3 is 0 Å². The second-order valence-electron chi connectivity index (χ2n) is 4.66. The van der Waals surface area contributed by atoms with Gasteiger partial charge in [-0.3, -0.25) is 4.79 Å². The summed E-state index contributed by atoms with van der Waals surface area (Å²) in [6, 6.07) is 7.62. The normalized spacial score (nSPS) is 15.2. The van der Waals surface area contributed by atoms with E-state index in [0.717, 1.165) is 16.7 Å². The van der Waals surface area contributed by atoms with Gasteiger partial charge in [0.15, 0.2) is 0 Å². The number of carbonyl (C=O) groups excluding carboxylic acids is 1. The molecule has 1 aliphatic rings. The molecular formula is C16H10N2O2S. The SMILES string of the molecule is O=C1Nc2ncc(-c3ccsc3)cc2/C1=C\c1ccco1.